The first-order valence-electron chi connectivity index (χ1n) is 5.60. The Bertz CT molecular complexity index is 514. The summed E-state index contributed by atoms with van der Waals surface area (Å²) in [6.07, 6.45) is 4.47. The largest absolute Gasteiger partial charge is 0.321 e. The minimum absolute atomic E-state index is 0.251. The maximum atomic E-state index is 11.8. The van der Waals surface area contributed by atoms with Gasteiger partial charge in [0.15, 0.2) is 0 Å². The van der Waals surface area contributed by atoms with E-state index in [1.165, 1.54) is 23.5 Å². The van der Waals surface area contributed by atoms with Gasteiger partial charge in [-0.3, -0.25) is 9.78 Å². The molecule has 0 aliphatic carbocycles. The predicted molar refractivity (Wildman–Crippen MR) is 72.8 cm³/mol. The second-order valence-corrected chi connectivity index (χ2v) is 4.84. The van der Waals surface area contributed by atoms with Gasteiger partial charge < -0.3 is 5.32 Å². The number of hydrogen-bond acceptors (Lipinski definition) is 4. The lowest BCUT2D eigenvalue weighted by Gasteiger charge is -2.05. The fourth-order valence-electron chi connectivity index (χ4n) is 1.41. The SMILES string of the molecule is CCSc1ccc(NC(=O)c2cnccn2)cc1. The number of nitrogens with one attached hydrogen (secondary N) is 1. The van der Waals surface area contributed by atoms with Crippen LogP contribution >= 0.6 is 11.8 Å². The first kappa shape index (κ1) is 12.6. The average Bonchev–Trinajstić information content (AvgIpc) is 2.42. The van der Waals surface area contributed by atoms with Gasteiger partial charge in [-0.25, -0.2) is 4.98 Å². The van der Waals surface area contributed by atoms with Crippen molar-refractivity contribution in [2.24, 2.45) is 0 Å². The molecule has 0 bridgehead atoms. The lowest BCUT2D eigenvalue weighted by molar-refractivity contribution is 0.102. The minimum Gasteiger partial charge on any atom is -0.321 e. The summed E-state index contributed by atoms with van der Waals surface area (Å²) < 4.78 is 0. The van der Waals surface area contributed by atoms with E-state index in [2.05, 4.69) is 22.2 Å². The van der Waals surface area contributed by atoms with Crippen LogP contribution in [0.2, 0.25) is 0 Å². The zero-order valence-electron chi connectivity index (χ0n) is 9.96. The molecule has 0 radical (unpaired) electrons. The quantitative estimate of drug-likeness (QED) is 0.858. The van der Waals surface area contributed by atoms with E-state index in [9.17, 15) is 4.79 Å². The Morgan fingerprint density at radius 2 is 2.06 bits per heavy atom. The standard InChI is InChI=1S/C13H13N3OS/c1-2-18-11-5-3-10(4-6-11)16-13(17)12-9-14-7-8-15-12/h3-9H,2H2,1H3,(H,16,17). The van der Waals surface area contributed by atoms with E-state index in [0.29, 0.717) is 5.69 Å². The van der Waals surface area contributed by atoms with Crippen LogP contribution in [0.3, 0.4) is 0 Å². The number of hydrogen-bond donors (Lipinski definition) is 1. The van der Waals surface area contributed by atoms with E-state index in [1.807, 2.05) is 24.3 Å². The number of aromatic nitrogens is 2. The number of nitrogens with zero attached hydrogens (tertiary/aromatic N) is 2. The van der Waals surface area contributed by atoms with Crippen LogP contribution in [0, 0.1) is 0 Å². The average molecular weight is 259 g/mol. The van der Waals surface area contributed by atoms with Crippen molar-refractivity contribution in [2.75, 3.05) is 11.1 Å². The van der Waals surface area contributed by atoms with Crippen molar-refractivity contribution >= 4 is 23.4 Å². The third kappa shape index (κ3) is 3.30. The molecule has 0 saturated heterocycles. The molecule has 1 amide bonds. The van der Waals surface area contributed by atoms with E-state index >= 15 is 0 Å². The van der Waals surface area contributed by atoms with E-state index in [4.69, 9.17) is 0 Å². The fourth-order valence-corrected chi connectivity index (χ4v) is 2.07. The van der Waals surface area contributed by atoms with Crippen LogP contribution in [0.25, 0.3) is 0 Å². The van der Waals surface area contributed by atoms with Crippen molar-refractivity contribution < 1.29 is 4.79 Å². The Hall–Kier alpha value is -1.88. The van der Waals surface area contributed by atoms with Crippen molar-refractivity contribution in [1.29, 1.82) is 0 Å². The molecular weight excluding hydrogens is 246 g/mol. The molecular formula is C13H13N3OS. The molecule has 1 heterocycles. The van der Waals surface area contributed by atoms with E-state index in [-0.39, 0.29) is 5.91 Å². The van der Waals surface area contributed by atoms with Gasteiger partial charge in [-0.15, -0.1) is 11.8 Å². The maximum absolute atomic E-state index is 11.8. The molecule has 18 heavy (non-hydrogen) atoms. The highest BCUT2D eigenvalue weighted by atomic mass is 32.2. The molecule has 2 aromatic rings. The number of carbonyl (C=O) groups is 1. The number of benzene rings is 1. The zero-order valence-corrected chi connectivity index (χ0v) is 10.8. The monoisotopic (exact) mass is 259 g/mol. The topological polar surface area (TPSA) is 54.9 Å². The molecule has 92 valence electrons. The zero-order chi connectivity index (χ0) is 12.8. The van der Waals surface area contributed by atoms with E-state index in [1.54, 1.807) is 11.8 Å². The van der Waals surface area contributed by atoms with Crippen molar-refractivity contribution in [3.8, 4) is 0 Å². The summed E-state index contributed by atoms with van der Waals surface area (Å²) in [6.45, 7) is 2.11. The van der Waals surface area contributed by atoms with Crippen molar-refractivity contribution in [1.82, 2.24) is 9.97 Å². The summed E-state index contributed by atoms with van der Waals surface area (Å²) in [4.78, 5) is 20.8. The number of carbonyl (C=O) groups excluding carboxylic acids is 1. The van der Waals surface area contributed by atoms with Gasteiger partial charge in [0.2, 0.25) is 0 Å². The van der Waals surface area contributed by atoms with Gasteiger partial charge in [-0.2, -0.15) is 0 Å². The van der Waals surface area contributed by atoms with Crippen LogP contribution in [0.1, 0.15) is 17.4 Å². The van der Waals surface area contributed by atoms with Gasteiger partial charge in [-0.1, -0.05) is 6.92 Å². The Morgan fingerprint density at radius 3 is 2.67 bits per heavy atom. The summed E-state index contributed by atoms with van der Waals surface area (Å²) in [5.74, 6) is 0.782. The second-order valence-electron chi connectivity index (χ2n) is 3.50. The highest BCUT2D eigenvalue weighted by Gasteiger charge is 2.06. The molecule has 0 aliphatic heterocycles. The molecule has 1 N–H and O–H groups in total. The van der Waals surface area contributed by atoms with Crippen LogP contribution in [0.5, 0.6) is 0 Å². The second kappa shape index (κ2) is 6.16. The summed E-state index contributed by atoms with van der Waals surface area (Å²) >= 11 is 1.76. The van der Waals surface area contributed by atoms with Gasteiger partial charge in [0, 0.05) is 23.0 Å². The van der Waals surface area contributed by atoms with Gasteiger partial charge in [0.1, 0.15) is 5.69 Å². The molecule has 0 aliphatic rings. The molecule has 0 spiro atoms. The van der Waals surface area contributed by atoms with Crippen LogP contribution < -0.4 is 5.32 Å². The summed E-state index contributed by atoms with van der Waals surface area (Å²) in [7, 11) is 0. The summed E-state index contributed by atoms with van der Waals surface area (Å²) in [5.41, 5.74) is 1.07. The van der Waals surface area contributed by atoms with Crippen molar-refractivity contribution in [3.63, 3.8) is 0 Å². The summed E-state index contributed by atoms with van der Waals surface area (Å²) in [6, 6.07) is 7.74. The van der Waals surface area contributed by atoms with Gasteiger partial charge in [0.05, 0.1) is 6.20 Å². The molecule has 0 saturated carbocycles. The van der Waals surface area contributed by atoms with Crippen LogP contribution in [-0.4, -0.2) is 21.6 Å². The Morgan fingerprint density at radius 1 is 1.28 bits per heavy atom. The third-order valence-corrected chi connectivity index (χ3v) is 3.11. The molecule has 2 rings (SSSR count). The lowest BCUT2D eigenvalue weighted by atomic mass is 10.3. The van der Waals surface area contributed by atoms with Crippen LogP contribution in [0.4, 0.5) is 5.69 Å². The molecule has 0 unspecified atom stereocenters. The first-order valence-corrected chi connectivity index (χ1v) is 6.58. The fraction of sp³-hybridized carbons (Fsp3) is 0.154. The van der Waals surface area contributed by atoms with E-state index < -0.39 is 0 Å². The van der Waals surface area contributed by atoms with E-state index in [0.717, 1.165) is 11.4 Å². The first-order chi connectivity index (χ1) is 8.79. The maximum Gasteiger partial charge on any atom is 0.275 e. The molecule has 5 heteroatoms. The Kier molecular flexibility index (Phi) is 4.30. The number of rotatable bonds is 4. The molecule has 0 fully saturated rings. The number of amides is 1. The smallest absolute Gasteiger partial charge is 0.275 e. The molecule has 0 atom stereocenters. The van der Waals surface area contributed by atoms with Crippen molar-refractivity contribution in [3.05, 3.63) is 48.5 Å². The van der Waals surface area contributed by atoms with Gasteiger partial charge >= 0.3 is 0 Å². The Labute approximate surface area is 110 Å². The van der Waals surface area contributed by atoms with Crippen molar-refractivity contribution in [2.45, 2.75) is 11.8 Å². The highest BCUT2D eigenvalue weighted by Crippen LogP contribution is 2.19. The van der Waals surface area contributed by atoms with Crippen LogP contribution in [0.15, 0.2) is 47.8 Å². The lowest BCUT2D eigenvalue weighted by Crippen LogP contribution is -2.13. The number of anilines is 1. The normalized spacial score (nSPS) is 10.1. The number of thioether (sulfide) groups is 1. The van der Waals surface area contributed by atoms with Gasteiger partial charge in [0.25, 0.3) is 5.91 Å². The van der Waals surface area contributed by atoms with Gasteiger partial charge in [-0.05, 0) is 30.0 Å². The molecule has 1 aromatic carbocycles. The van der Waals surface area contributed by atoms with Crippen LogP contribution in [-0.2, 0) is 0 Å². The predicted octanol–water partition coefficient (Wildman–Crippen LogP) is 2.84. The third-order valence-electron chi connectivity index (χ3n) is 2.22. The summed E-state index contributed by atoms with van der Waals surface area (Å²) in [5, 5.41) is 2.78. The minimum atomic E-state index is -0.251. The Balaban J connectivity index is 2.03. The highest BCUT2D eigenvalue weighted by molar-refractivity contribution is 7.99. The molecule has 1 aromatic heterocycles. The molecule has 4 nitrogen and oxygen atoms in total.